The lowest BCUT2D eigenvalue weighted by molar-refractivity contribution is -0.122. The number of rotatable bonds is 7. The summed E-state index contributed by atoms with van der Waals surface area (Å²) in [6, 6.07) is 17.2. The van der Waals surface area contributed by atoms with E-state index in [1.165, 1.54) is 16.7 Å². The van der Waals surface area contributed by atoms with Crippen LogP contribution in [0.3, 0.4) is 0 Å². The molecular weight excluding hydrogens is 540 g/mol. The Bertz CT molecular complexity index is 1450. The summed E-state index contributed by atoms with van der Waals surface area (Å²) in [7, 11) is 1.72. The van der Waals surface area contributed by atoms with E-state index in [1.807, 2.05) is 24.3 Å². The fourth-order valence-corrected chi connectivity index (χ4v) is 7.19. The van der Waals surface area contributed by atoms with Gasteiger partial charge >= 0.3 is 0 Å². The Balaban J connectivity index is 1.16. The summed E-state index contributed by atoms with van der Waals surface area (Å²) >= 11 is 0. The number of nitrogens with zero attached hydrogens (tertiary/aromatic N) is 3. The number of benzene rings is 2. The molecule has 0 bridgehead atoms. The summed E-state index contributed by atoms with van der Waals surface area (Å²) in [4.78, 5) is 42.8. The van der Waals surface area contributed by atoms with Gasteiger partial charge in [-0.15, -0.1) is 0 Å². The number of aromatic nitrogens is 2. The zero-order valence-corrected chi connectivity index (χ0v) is 25.0. The van der Waals surface area contributed by atoms with Gasteiger partial charge < -0.3 is 16.0 Å². The third-order valence-corrected chi connectivity index (χ3v) is 9.69. The highest BCUT2D eigenvalue weighted by atomic mass is 16.2. The van der Waals surface area contributed by atoms with Crippen molar-refractivity contribution in [1.82, 2.24) is 20.0 Å². The average Bonchev–Trinajstić information content (AvgIpc) is 3.53. The van der Waals surface area contributed by atoms with Crippen LogP contribution in [0, 0.1) is 5.92 Å². The zero-order chi connectivity index (χ0) is 29.8. The first-order chi connectivity index (χ1) is 20.9. The van der Waals surface area contributed by atoms with Crippen LogP contribution in [0.2, 0.25) is 0 Å². The zero-order valence-electron chi connectivity index (χ0n) is 25.0. The number of aryl methyl sites for hydroxylation is 1. The van der Waals surface area contributed by atoms with Gasteiger partial charge in [-0.3, -0.25) is 24.0 Å². The highest BCUT2D eigenvalue weighted by molar-refractivity contribution is 6.07. The number of carbonyl (C=O) groups is 3. The minimum atomic E-state index is -0.663. The maximum absolute atomic E-state index is 13.8. The Morgan fingerprint density at radius 1 is 1.00 bits per heavy atom. The predicted octanol–water partition coefficient (Wildman–Crippen LogP) is 5.00. The number of hydrogen-bond donors (Lipinski definition) is 3. The van der Waals surface area contributed by atoms with E-state index in [4.69, 9.17) is 0 Å². The molecule has 3 N–H and O–H groups in total. The summed E-state index contributed by atoms with van der Waals surface area (Å²) in [5, 5.41) is 13.3. The summed E-state index contributed by atoms with van der Waals surface area (Å²) in [5.41, 5.74) is 3.56. The molecular formula is C34H42N6O3. The molecule has 9 nitrogen and oxygen atoms in total. The van der Waals surface area contributed by atoms with Gasteiger partial charge in [-0.2, -0.15) is 5.10 Å². The summed E-state index contributed by atoms with van der Waals surface area (Å²) in [5.74, 6) is -0.435. The van der Waals surface area contributed by atoms with Crippen molar-refractivity contribution in [3.8, 4) is 0 Å². The number of nitrogens with one attached hydrogen (secondary N) is 3. The number of anilines is 2. The second kappa shape index (κ2) is 12.7. The first-order valence-corrected chi connectivity index (χ1v) is 15.7. The molecule has 2 fully saturated rings. The van der Waals surface area contributed by atoms with Crippen LogP contribution in [0.4, 0.5) is 11.4 Å². The molecule has 1 aliphatic carbocycles. The molecule has 3 amide bonds. The molecule has 3 aromatic rings. The topological polar surface area (TPSA) is 108 Å². The van der Waals surface area contributed by atoms with Gasteiger partial charge in [0.1, 0.15) is 11.7 Å². The Kier molecular flexibility index (Phi) is 8.61. The quantitative estimate of drug-likeness (QED) is 0.363. The number of carbonyl (C=O) groups excluding carboxylic acids is 3. The molecule has 9 heteroatoms. The first kappa shape index (κ1) is 29.1. The summed E-state index contributed by atoms with van der Waals surface area (Å²) in [6.45, 7) is 2.58. The minimum absolute atomic E-state index is 0.0428. The number of piperidine rings is 1. The molecule has 0 radical (unpaired) electrons. The third-order valence-electron chi connectivity index (χ3n) is 9.69. The fraction of sp³-hybridized carbons (Fsp3) is 0.471. The second-order valence-corrected chi connectivity index (χ2v) is 12.4. The van der Waals surface area contributed by atoms with E-state index in [9.17, 15) is 14.4 Å². The van der Waals surface area contributed by atoms with Crippen molar-refractivity contribution in [2.24, 2.45) is 13.0 Å². The lowest BCUT2D eigenvalue weighted by Gasteiger charge is -2.38. The molecule has 226 valence electrons. The van der Waals surface area contributed by atoms with E-state index in [1.54, 1.807) is 19.3 Å². The number of hydrogen-bond acceptors (Lipinski definition) is 5. The first-order valence-electron chi connectivity index (χ1n) is 15.7. The molecule has 2 aromatic carbocycles. The Hall–Kier alpha value is -3.98. The molecule has 1 aromatic heterocycles. The van der Waals surface area contributed by atoms with Crippen molar-refractivity contribution in [2.45, 2.75) is 75.8 Å². The van der Waals surface area contributed by atoms with Crippen LogP contribution in [-0.4, -0.2) is 51.5 Å². The van der Waals surface area contributed by atoms with Gasteiger partial charge in [-0.25, -0.2) is 0 Å². The molecule has 3 aliphatic rings. The van der Waals surface area contributed by atoms with Gasteiger partial charge in [0.2, 0.25) is 11.8 Å². The predicted molar refractivity (Wildman–Crippen MR) is 167 cm³/mol. The van der Waals surface area contributed by atoms with Crippen molar-refractivity contribution < 1.29 is 14.4 Å². The third kappa shape index (κ3) is 6.22. The van der Waals surface area contributed by atoms with Gasteiger partial charge in [0.25, 0.3) is 5.91 Å². The van der Waals surface area contributed by atoms with Crippen molar-refractivity contribution >= 4 is 29.1 Å². The van der Waals surface area contributed by atoms with Gasteiger partial charge in [-0.1, -0.05) is 68.5 Å². The number of likely N-dealkylation sites (tertiary alicyclic amines) is 1. The second-order valence-electron chi connectivity index (χ2n) is 12.4. The van der Waals surface area contributed by atoms with Crippen molar-refractivity contribution in [2.75, 3.05) is 23.7 Å². The number of amides is 3. The van der Waals surface area contributed by atoms with E-state index in [0.717, 1.165) is 82.3 Å². The van der Waals surface area contributed by atoms with Crippen molar-refractivity contribution in [3.05, 3.63) is 77.6 Å². The molecule has 1 unspecified atom stereocenters. The largest absolute Gasteiger partial charge is 0.339 e. The van der Waals surface area contributed by atoms with Gasteiger partial charge in [0, 0.05) is 31.2 Å². The van der Waals surface area contributed by atoms with Gasteiger partial charge in [0.05, 0.1) is 5.41 Å². The molecule has 6 rings (SSSR count). The van der Waals surface area contributed by atoms with Crippen LogP contribution >= 0.6 is 0 Å². The van der Waals surface area contributed by atoms with Crippen LogP contribution in [0.5, 0.6) is 0 Å². The van der Waals surface area contributed by atoms with Crippen molar-refractivity contribution in [1.29, 1.82) is 0 Å². The molecule has 2 aliphatic heterocycles. The molecule has 43 heavy (non-hydrogen) atoms. The van der Waals surface area contributed by atoms with Crippen LogP contribution in [0.1, 0.15) is 79.4 Å². The van der Waals surface area contributed by atoms with Crippen LogP contribution in [0.15, 0.2) is 60.8 Å². The van der Waals surface area contributed by atoms with Crippen LogP contribution < -0.4 is 16.0 Å². The molecule has 1 atom stereocenters. The highest BCUT2D eigenvalue weighted by Crippen LogP contribution is 2.46. The highest BCUT2D eigenvalue weighted by Gasteiger charge is 2.48. The lowest BCUT2D eigenvalue weighted by Crippen LogP contribution is -2.49. The Morgan fingerprint density at radius 2 is 1.72 bits per heavy atom. The van der Waals surface area contributed by atoms with E-state index in [-0.39, 0.29) is 23.6 Å². The normalized spacial score (nSPS) is 19.6. The monoisotopic (exact) mass is 582 g/mol. The molecule has 3 heterocycles. The van der Waals surface area contributed by atoms with Crippen molar-refractivity contribution in [3.63, 3.8) is 0 Å². The van der Waals surface area contributed by atoms with Crippen LogP contribution in [-0.2, 0) is 28.6 Å². The molecule has 1 saturated carbocycles. The lowest BCUT2D eigenvalue weighted by atomic mass is 9.73. The van der Waals surface area contributed by atoms with E-state index >= 15 is 0 Å². The smallest absolute Gasteiger partial charge is 0.270 e. The number of fused-ring (bicyclic) bond motifs is 2. The van der Waals surface area contributed by atoms with E-state index in [0.29, 0.717) is 11.4 Å². The van der Waals surface area contributed by atoms with Gasteiger partial charge in [0.15, 0.2) is 0 Å². The SMILES string of the molecule is Cn1nccc1C(=O)NC(C(=O)Nc1ccc2c(c1)NC(=O)C21CCN(Cc2ccccc2)CC1)C1CCCCCCC1. The maximum atomic E-state index is 13.8. The maximum Gasteiger partial charge on any atom is 0.270 e. The fourth-order valence-electron chi connectivity index (χ4n) is 7.19. The molecule has 1 spiro atoms. The summed E-state index contributed by atoms with van der Waals surface area (Å²) < 4.78 is 1.52. The van der Waals surface area contributed by atoms with E-state index in [2.05, 4.69) is 50.2 Å². The van der Waals surface area contributed by atoms with Crippen LogP contribution in [0.25, 0.3) is 0 Å². The Morgan fingerprint density at radius 3 is 2.42 bits per heavy atom. The van der Waals surface area contributed by atoms with Gasteiger partial charge in [-0.05, 0) is 74.0 Å². The Labute approximate surface area is 253 Å². The standard InChI is InChI=1S/C34H42N6O3/c1-39-29(16-19-35-39)31(41)38-30(25-12-8-3-2-4-9-13-25)32(42)36-26-14-15-27-28(22-26)37-33(43)34(27)17-20-40(21-18-34)23-24-10-6-5-7-11-24/h5-7,10-11,14-16,19,22,25,30H,2-4,8-9,12-13,17-18,20-21,23H2,1H3,(H,36,42)(H,37,43)(H,38,41). The van der Waals surface area contributed by atoms with E-state index < -0.39 is 11.5 Å². The average molecular weight is 583 g/mol. The summed E-state index contributed by atoms with van der Waals surface area (Å²) in [6.07, 6.45) is 10.5. The minimum Gasteiger partial charge on any atom is -0.339 e. The molecule has 1 saturated heterocycles.